The molecule has 5 heteroatoms. The number of anilines is 1. The van der Waals surface area contributed by atoms with E-state index in [1.807, 2.05) is 6.20 Å². The third kappa shape index (κ3) is 2.45. The van der Waals surface area contributed by atoms with Crippen molar-refractivity contribution in [1.82, 2.24) is 15.0 Å². The summed E-state index contributed by atoms with van der Waals surface area (Å²) in [5.74, 6) is -0.242. The lowest BCUT2D eigenvalue weighted by Gasteiger charge is -2.18. The third-order valence-electron chi connectivity index (χ3n) is 3.31. The van der Waals surface area contributed by atoms with Crippen LogP contribution in [-0.4, -0.2) is 20.9 Å². The van der Waals surface area contributed by atoms with Gasteiger partial charge in [0.2, 0.25) is 0 Å². The molecule has 0 unspecified atom stereocenters. The molecule has 1 aliphatic carbocycles. The molecule has 0 radical (unpaired) electrons. The molecule has 19 heavy (non-hydrogen) atoms. The van der Waals surface area contributed by atoms with Crippen molar-refractivity contribution in [2.45, 2.75) is 25.7 Å². The summed E-state index contributed by atoms with van der Waals surface area (Å²) in [6.07, 6.45) is 12.5. The number of pyridine rings is 1. The highest BCUT2D eigenvalue weighted by molar-refractivity contribution is 6.03. The zero-order chi connectivity index (χ0) is 13.1. The van der Waals surface area contributed by atoms with Crippen LogP contribution in [0.5, 0.6) is 0 Å². The quantitative estimate of drug-likeness (QED) is 0.890. The van der Waals surface area contributed by atoms with Crippen molar-refractivity contribution in [2.75, 3.05) is 5.32 Å². The molecular formula is C14H14N4O. The van der Waals surface area contributed by atoms with E-state index < -0.39 is 0 Å². The van der Waals surface area contributed by atoms with Gasteiger partial charge < -0.3 is 5.32 Å². The molecule has 0 aliphatic heterocycles. The molecular weight excluding hydrogens is 240 g/mol. The monoisotopic (exact) mass is 254 g/mol. The molecule has 1 N–H and O–H groups in total. The molecule has 2 heterocycles. The highest BCUT2D eigenvalue weighted by Gasteiger charge is 2.16. The van der Waals surface area contributed by atoms with Crippen molar-refractivity contribution in [2.24, 2.45) is 0 Å². The lowest BCUT2D eigenvalue weighted by Crippen LogP contribution is -2.17. The Labute approximate surface area is 111 Å². The Bertz CT molecular complexity index is 598. The van der Waals surface area contributed by atoms with E-state index in [-0.39, 0.29) is 5.91 Å². The van der Waals surface area contributed by atoms with Crippen LogP contribution in [0.1, 0.15) is 34.5 Å². The Morgan fingerprint density at radius 1 is 1.05 bits per heavy atom. The van der Waals surface area contributed by atoms with Crippen LogP contribution in [0.15, 0.2) is 31.0 Å². The summed E-state index contributed by atoms with van der Waals surface area (Å²) in [6, 6.07) is 0. The Kier molecular flexibility index (Phi) is 3.18. The molecule has 0 aromatic carbocycles. The van der Waals surface area contributed by atoms with Gasteiger partial charge in [0.1, 0.15) is 5.69 Å². The molecule has 0 bridgehead atoms. The Morgan fingerprint density at radius 3 is 2.79 bits per heavy atom. The van der Waals surface area contributed by atoms with E-state index in [0.717, 1.165) is 24.9 Å². The fourth-order valence-electron chi connectivity index (χ4n) is 2.37. The molecule has 5 nitrogen and oxygen atoms in total. The highest BCUT2D eigenvalue weighted by atomic mass is 16.1. The van der Waals surface area contributed by atoms with Gasteiger partial charge in [0.15, 0.2) is 0 Å². The van der Waals surface area contributed by atoms with Gasteiger partial charge in [-0.15, -0.1) is 0 Å². The second-order valence-corrected chi connectivity index (χ2v) is 4.58. The second kappa shape index (κ2) is 5.14. The van der Waals surface area contributed by atoms with E-state index in [4.69, 9.17) is 0 Å². The van der Waals surface area contributed by atoms with Crippen molar-refractivity contribution in [3.8, 4) is 0 Å². The van der Waals surface area contributed by atoms with Crippen LogP contribution >= 0.6 is 0 Å². The van der Waals surface area contributed by atoms with Gasteiger partial charge in [-0.2, -0.15) is 0 Å². The number of aryl methyl sites for hydroxylation is 1. The Balaban J connectivity index is 1.86. The number of carbonyl (C=O) groups excluding carboxylic acids is 1. The predicted molar refractivity (Wildman–Crippen MR) is 70.9 cm³/mol. The van der Waals surface area contributed by atoms with Gasteiger partial charge in [-0.1, -0.05) is 0 Å². The van der Waals surface area contributed by atoms with Crippen molar-refractivity contribution >= 4 is 11.6 Å². The van der Waals surface area contributed by atoms with E-state index in [9.17, 15) is 4.79 Å². The second-order valence-electron chi connectivity index (χ2n) is 4.58. The maximum absolute atomic E-state index is 12.1. The van der Waals surface area contributed by atoms with Gasteiger partial charge in [-0.05, 0) is 36.8 Å². The lowest BCUT2D eigenvalue weighted by atomic mass is 9.92. The van der Waals surface area contributed by atoms with Crippen LogP contribution in [-0.2, 0) is 12.8 Å². The zero-order valence-electron chi connectivity index (χ0n) is 10.5. The van der Waals surface area contributed by atoms with E-state index in [2.05, 4.69) is 20.3 Å². The molecule has 2 aromatic rings. The standard InChI is InChI=1S/C14H14N4O/c19-14(13-9-15-5-6-17-13)18-12-8-16-7-10-3-1-2-4-11(10)12/h5-9H,1-4H2,(H,18,19). The number of nitrogens with zero attached hydrogens (tertiary/aromatic N) is 3. The average Bonchev–Trinajstić information content (AvgIpc) is 2.48. The number of carbonyl (C=O) groups is 1. The van der Waals surface area contributed by atoms with Gasteiger partial charge >= 0.3 is 0 Å². The van der Waals surface area contributed by atoms with Gasteiger partial charge in [0.25, 0.3) is 5.91 Å². The van der Waals surface area contributed by atoms with Gasteiger partial charge in [0.05, 0.1) is 18.1 Å². The van der Waals surface area contributed by atoms with Crippen LogP contribution in [0.3, 0.4) is 0 Å². The first-order valence-electron chi connectivity index (χ1n) is 6.38. The summed E-state index contributed by atoms with van der Waals surface area (Å²) >= 11 is 0. The minimum absolute atomic E-state index is 0.242. The molecule has 0 saturated heterocycles. The molecule has 2 aromatic heterocycles. The molecule has 1 amide bonds. The first-order valence-corrected chi connectivity index (χ1v) is 6.38. The van der Waals surface area contributed by atoms with Crippen molar-refractivity contribution in [3.63, 3.8) is 0 Å². The van der Waals surface area contributed by atoms with E-state index in [1.54, 1.807) is 12.4 Å². The predicted octanol–water partition coefficient (Wildman–Crippen LogP) is 2.00. The zero-order valence-corrected chi connectivity index (χ0v) is 10.5. The normalized spacial score (nSPS) is 13.7. The fraction of sp³-hybridized carbons (Fsp3) is 0.286. The summed E-state index contributed by atoms with van der Waals surface area (Å²) in [5.41, 5.74) is 3.56. The van der Waals surface area contributed by atoms with Crippen molar-refractivity contribution in [1.29, 1.82) is 0 Å². The molecule has 3 rings (SSSR count). The number of rotatable bonds is 2. The number of amides is 1. The maximum Gasteiger partial charge on any atom is 0.275 e. The summed E-state index contributed by atoms with van der Waals surface area (Å²) in [7, 11) is 0. The largest absolute Gasteiger partial charge is 0.319 e. The van der Waals surface area contributed by atoms with Crippen LogP contribution in [0.25, 0.3) is 0 Å². The molecule has 0 atom stereocenters. The first-order chi connectivity index (χ1) is 9.34. The SMILES string of the molecule is O=C(Nc1cncc2c1CCCC2)c1cnccn1. The lowest BCUT2D eigenvalue weighted by molar-refractivity contribution is 0.102. The maximum atomic E-state index is 12.1. The summed E-state index contributed by atoms with van der Waals surface area (Å²) in [4.78, 5) is 24.1. The van der Waals surface area contributed by atoms with E-state index in [1.165, 1.54) is 29.9 Å². The molecule has 0 saturated carbocycles. The van der Waals surface area contributed by atoms with Crippen molar-refractivity contribution < 1.29 is 4.79 Å². The molecule has 1 aliphatic rings. The fourth-order valence-corrected chi connectivity index (χ4v) is 2.37. The summed E-state index contributed by atoms with van der Waals surface area (Å²) in [5, 5.41) is 2.88. The highest BCUT2D eigenvalue weighted by Crippen LogP contribution is 2.26. The summed E-state index contributed by atoms with van der Waals surface area (Å²) < 4.78 is 0. The molecule has 96 valence electrons. The van der Waals surface area contributed by atoms with Crippen LogP contribution < -0.4 is 5.32 Å². The number of fused-ring (bicyclic) bond motifs is 1. The Hall–Kier alpha value is -2.30. The summed E-state index contributed by atoms with van der Waals surface area (Å²) in [6.45, 7) is 0. The topological polar surface area (TPSA) is 67.8 Å². The van der Waals surface area contributed by atoms with Crippen LogP contribution in [0.4, 0.5) is 5.69 Å². The number of hydrogen-bond acceptors (Lipinski definition) is 4. The minimum Gasteiger partial charge on any atom is -0.319 e. The van der Waals surface area contributed by atoms with E-state index >= 15 is 0 Å². The molecule has 0 fully saturated rings. The number of aromatic nitrogens is 3. The number of hydrogen-bond donors (Lipinski definition) is 1. The Morgan fingerprint density at radius 2 is 1.95 bits per heavy atom. The first kappa shape index (κ1) is 11.8. The van der Waals surface area contributed by atoms with E-state index in [0.29, 0.717) is 5.69 Å². The number of nitrogens with one attached hydrogen (secondary N) is 1. The molecule has 0 spiro atoms. The smallest absolute Gasteiger partial charge is 0.275 e. The van der Waals surface area contributed by atoms with Gasteiger partial charge in [-0.3, -0.25) is 14.8 Å². The average molecular weight is 254 g/mol. The van der Waals surface area contributed by atoms with Crippen LogP contribution in [0, 0.1) is 0 Å². The third-order valence-corrected chi connectivity index (χ3v) is 3.31. The van der Waals surface area contributed by atoms with Gasteiger partial charge in [0, 0.05) is 18.6 Å². The van der Waals surface area contributed by atoms with Gasteiger partial charge in [-0.25, -0.2) is 4.98 Å². The van der Waals surface area contributed by atoms with Crippen LogP contribution in [0.2, 0.25) is 0 Å². The minimum atomic E-state index is -0.242. The van der Waals surface area contributed by atoms with Crippen molar-refractivity contribution in [3.05, 3.63) is 47.8 Å².